The van der Waals surface area contributed by atoms with E-state index < -0.39 is 5.60 Å². The van der Waals surface area contributed by atoms with Gasteiger partial charge in [-0.25, -0.2) is 0 Å². The molecular formula is C11H24N4O2. The molecule has 1 fully saturated rings. The van der Waals surface area contributed by atoms with Crippen molar-refractivity contribution in [1.29, 1.82) is 0 Å². The van der Waals surface area contributed by atoms with Crippen LogP contribution in [0.25, 0.3) is 0 Å². The van der Waals surface area contributed by atoms with E-state index in [0.717, 1.165) is 32.7 Å². The molecule has 1 aliphatic heterocycles. The van der Waals surface area contributed by atoms with Gasteiger partial charge < -0.3 is 20.9 Å². The predicted molar refractivity (Wildman–Crippen MR) is 67.2 cm³/mol. The third kappa shape index (κ3) is 5.86. The quantitative estimate of drug-likeness (QED) is 0.263. The van der Waals surface area contributed by atoms with Crippen molar-refractivity contribution < 1.29 is 10.3 Å². The van der Waals surface area contributed by atoms with Crippen LogP contribution in [0.5, 0.6) is 0 Å². The molecule has 0 aromatic carbocycles. The molecule has 0 spiro atoms. The van der Waals surface area contributed by atoms with Gasteiger partial charge in [0.05, 0.1) is 5.60 Å². The van der Waals surface area contributed by atoms with Gasteiger partial charge in [0, 0.05) is 45.7 Å². The lowest BCUT2D eigenvalue weighted by atomic mass is 10.1. The topological polar surface area (TPSA) is 85.3 Å². The normalized spacial score (nSPS) is 20.8. The zero-order chi connectivity index (χ0) is 12.9. The number of piperazine rings is 1. The van der Waals surface area contributed by atoms with Gasteiger partial charge in [-0.15, -0.1) is 0 Å². The second-order valence-electron chi connectivity index (χ2n) is 5.27. The lowest BCUT2D eigenvalue weighted by Gasteiger charge is -2.37. The van der Waals surface area contributed by atoms with Gasteiger partial charge in [0.2, 0.25) is 0 Å². The van der Waals surface area contributed by atoms with Crippen LogP contribution in [0.15, 0.2) is 5.16 Å². The average Bonchev–Trinajstić information content (AvgIpc) is 2.25. The summed E-state index contributed by atoms with van der Waals surface area (Å²) in [5.41, 5.74) is 4.80. The van der Waals surface area contributed by atoms with Crippen LogP contribution < -0.4 is 5.73 Å². The van der Waals surface area contributed by atoms with Crippen molar-refractivity contribution in [2.45, 2.75) is 25.9 Å². The smallest absolute Gasteiger partial charge is 0.140 e. The van der Waals surface area contributed by atoms with Gasteiger partial charge in [-0.1, -0.05) is 5.16 Å². The summed E-state index contributed by atoms with van der Waals surface area (Å²) in [6.45, 7) is 9.05. The van der Waals surface area contributed by atoms with Gasteiger partial charge in [0.15, 0.2) is 0 Å². The Hall–Kier alpha value is -0.850. The van der Waals surface area contributed by atoms with Gasteiger partial charge in [-0.2, -0.15) is 0 Å². The summed E-state index contributed by atoms with van der Waals surface area (Å²) in [4.78, 5) is 4.55. The van der Waals surface area contributed by atoms with Gasteiger partial charge in [0.1, 0.15) is 5.84 Å². The van der Waals surface area contributed by atoms with E-state index in [1.165, 1.54) is 0 Å². The van der Waals surface area contributed by atoms with Crippen molar-refractivity contribution in [3.63, 3.8) is 0 Å². The van der Waals surface area contributed by atoms with Crippen LogP contribution in [0.1, 0.15) is 20.3 Å². The Labute approximate surface area is 103 Å². The largest absolute Gasteiger partial charge is 0.409 e. The summed E-state index contributed by atoms with van der Waals surface area (Å²) < 4.78 is 0. The number of hydrogen-bond donors (Lipinski definition) is 3. The molecular weight excluding hydrogens is 220 g/mol. The monoisotopic (exact) mass is 244 g/mol. The van der Waals surface area contributed by atoms with E-state index in [9.17, 15) is 5.11 Å². The number of aliphatic hydroxyl groups is 1. The van der Waals surface area contributed by atoms with Crippen LogP contribution >= 0.6 is 0 Å². The Morgan fingerprint density at radius 1 is 1.24 bits per heavy atom. The third-order valence-electron chi connectivity index (χ3n) is 2.89. The van der Waals surface area contributed by atoms with Crippen LogP contribution in [0.3, 0.4) is 0 Å². The van der Waals surface area contributed by atoms with Crippen molar-refractivity contribution in [2.24, 2.45) is 10.9 Å². The van der Waals surface area contributed by atoms with Crippen LogP contribution in [0.2, 0.25) is 0 Å². The van der Waals surface area contributed by atoms with Crippen LogP contribution in [-0.4, -0.2) is 70.8 Å². The molecule has 0 saturated carbocycles. The van der Waals surface area contributed by atoms with Gasteiger partial charge in [-0.05, 0) is 13.8 Å². The number of oxime groups is 1. The first kappa shape index (κ1) is 14.2. The summed E-state index contributed by atoms with van der Waals surface area (Å²) in [5, 5.41) is 21.1. The van der Waals surface area contributed by atoms with Crippen molar-refractivity contribution in [1.82, 2.24) is 9.80 Å². The van der Waals surface area contributed by atoms with E-state index >= 15 is 0 Å². The molecule has 0 atom stereocenters. The summed E-state index contributed by atoms with van der Waals surface area (Å²) in [7, 11) is 0. The summed E-state index contributed by atoms with van der Waals surface area (Å²) >= 11 is 0. The minimum atomic E-state index is -0.629. The van der Waals surface area contributed by atoms with Gasteiger partial charge in [-0.3, -0.25) is 4.90 Å². The maximum absolute atomic E-state index is 9.73. The van der Waals surface area contributed by atoms with Gasteiger partial charge in [0.25, 0.3) is 0 Å². The molecule has 1 rings (SSSR count). The molecule has 0 radical (unpaired) electrons. The molecule has 0 aromatic heterocycles. The number of nitrogens with zero attached hydrogens (tertiary/aromatic N) is 3. The van der Waals surface area contributed by atoms with Crippen LogP contribution in [0, 0.1) is 0 Å². The predicted octanol–water partition coefficient (Wildman–Crippen LogP) is -0.489. The fraction of sp³-hybridized carbons (Fsp3) is 0.909. The van der Waals surface area contributed by atoms with Crippen LogP contribution in [0.4, 0.5) is 0 Å². The summed E-state index contributed by atoms with van der Waals surface area (Å²) in [5.74, 6) is 0.281. The Morgan fingerprint density at radius 3 is 2.24 bits per heavy atom. The number of hydrogen-bond acceptors (Lipinski definition) is 5. The highest BCUT2D eigenvalue weighted by molar-refractivity contribution is 5.79. The lowest BCUT2D eigenvalue weighted by molar-refractivity contribution is 0.0181. The molecule has 4 N–H and O–H groups in total. The first-order chi connectivity index (χ1) is 7.90. The average molecular weight is 244 g/mol. The lowest BCUT2D eigenvalue weighted by Crippen LogP contribution is -2.50. The Balaban J connectivity index is 2.22. The van der Waals surface area contributed by atoms with Crippen molar-refractivity contribution >= 4 is 5.84 Å². The van der Waals surface area contributed by atoms with E-state index in [1.807, 2.05) is 13.8 Å². The minimum Gasteiger partial charge on any atom is -0.409 e. The SMILES string of the molecule is CC(C)(O)CN1CCN(CCC(N)=NO)CC1. The third-order valence-corrected chi connectivity index (χ3v) is 2.89. The van der Waals surface area contributed by atoms with E-state index in [-0.39, 0.29) is 5.84 Å². The highest BCUT2D eigenvalue weighted by Crippen LogP contribution is 2.08. The molecule has 6 heteroatoms. The molecule has 0 unspecified atom stereocenters. The highest BCUT2D eigenvalue weighted by Gasteiger charge is 2.22. The standard InChI is InChI=1S/C11H24N4O2/c1-11(2,16)9-15-7-5-14(6-8-15)4-3-10(12)13-17/h16-17H,3-9H2,1-2H3,(H2,12,13). The maximum Gasteiger partial charge on any atom is 0.140 e. The Bertz CT molecular complexity index is 255. The molecule has 100 valence electrons. The summed E-state index contributed by atoms with van der Waals surface area (Å²) in [6.07, 6.45) is 0.599. The zero-order valence-electron chi connectivity index (χ0n) is 10.8. The van der Waals surface area contributed by atoms with Gasteiger partial charge >= 0.3 is 0 Å². The molecule has 6 nitrogen and oxygen atoms in total. The minimum absolute atomic E-state index is 0.281. The maximum atomic E-state index is 9.73. The molecule has 17 heavy (non-hydrogen) atoms. The molecule has 0 amide bonds. The van der Waals surface area contributed by atoms with E-state index in [4.69, 9.17) is 10.9 Å². The molecule has 0 bridgehead atoms. The molecule has 1 heterocycles. The van der Waals surface area contributed by atoms with Crippen molar-refractivity contribution in [3.8, 4) is 0 Å². The second-order valence-corrected chi connectivity index (χ2v) is 5.27. The number of amidine groups is 1. The fourth-order valence-electron chi connectivity index (χ4n) is 2.04. The molecule has 1 aliphatic rings. The van der Waals surface area contributed by atoms with Crippen molar-refractivity contribution in [3.05, 3.63) is 0 Å². The van der Waals surface area contributed by atoms with E-state index in [2.05, 4.69) is 15.0 Å². The number of nitrogens with two attached hydrogens (primary N) is 1. The number of β-amino-alcohol motifs (C(OH)–C–C–N with tert-alkyl or cyclic N) is 1. The first-order valence-electron chi connectivity index (χ1n) is 6.04. The first-order valence-corrected chi connectivity index (χ1v) is 6.04. The Morgan fingerprint density at radius 2 is 1.76 bits per heavy atom. The van der Waals surface area contributed by atoms with Crippen molar-refractivity contribution in [2.75, 3.05) is 39.3 Å². The zero-order valence-corrected chi connectivity index (χ0v) is 10.8. The summed E-state index contributed by atoms with van der Waals surface area (Å²) in [6, 6.07) is 0. The second kappa shape index (κ2) is 6.18. The Kier molecular flexibility index (Phi) is 5.17. The van der Waals surface area contributed by atoms with E-state index in [0.29, 0.717) is 13.0 Å². The van der Waals surface area contributed by atoms with E-state index in [1.54, 1.807) is 0 Å². The highest BCUT2D eigenvalue weighted by atomic mass is 16.4. The molecule has 0 aromatic rings. The molecule has 1 saturated heterocycles. The van der Waals surface area contributed by atoms with Crippen LogP contribution in [-0.2, 0) is 0 Å². The molecule has 0 aliphatic carbocycles. The number of rotatable bonds is 5. The fourth-order valence-corrected chi connectivity index (χ4v) is 2.04.